The number of pyridine rings is 1. The Morgan fingerprint density at radius 3 is 2.80 bits per heavy atom. The Hall–Kier alpha value is -2.76. The molecule has 0 fully saturated rings. The summed E-state index contributed by atoms with van der Waals surface area (Å²) in [5.41, 5.74) is 7.84. The van der Waals surface area contributed by atoms with Crippen molar-refractivity contribution >= 4 is 16.9 Å². The van der Waals surface area contributed by atoms with Crippen molar-refractivity contribution in [3.63, 3.8) is 0 Å². The van der Waals surface area contributed by atoms with E-state index in [0.717, 1.165) is 5.56 Å². The molecule has 2 aromatic heterocycles. The molecule has 0 amide bonds. The number of hydrogen-bond donors (Lipinski definition) is 1. The Morgan fingerprint density at radius 1 is 1.15 bits per heavy atom. The maximum Gasteiger partial charge on any atom is 0.221 e. The van der Waals surface area contributed by atoms with Crippen LogP contribution in [0.3, 0.4) is 0 Å². The van der Waals surface area contributed by atoms with Crippen molar-refractivity contribution in [2.24, 2.45) is 0 Å². The normalized spacial score (nSPS) is 10.7. The van der Waals surface area contributed by atoms with Crippen LogP contribution in [-0.2, 0) is 0 Å². The van der Waals surface area contributed by atoms with Crippen LogP contribution in [0.4, 0.5) is 10.1 Å². The van der Waals surface area contributed by atoms with Crippen LogP contribution in [0, 0.1) is 12.7 Å². The van der Waals surface area contributed by atoms with Gasteiger partial charge in [0.2, 0.25) is 5.88 Å². The second-order valence-corrected chi connectivity index (χ2v) is 4.29. The first kappa shape index (κ1) is 12.3. The standard InChI is InChI=1S/C14H11FN4O/c1-8-6-12(9(15)7-10(8)16)20-13-3-2-11-14(19-13)18-5-4-17-11/h2-7H,16H2,1H3. The molecule has 5 nitrogen and oxygen atoms in total. The van der Waals surface area contributed by atoms with Crippen molar-refractivity contribution in [1.82, 2.24) is 15.0 Å². The maximum absolute atomic E-state index is 13.8. The van der Waals surface area contributed by atoms with Gasteiger partial charge in [-0.25, -0.2) is 9.37 Å². The lowest BCUT2D eigenvalue weighted by molar-refractivity contribution is 0.428. The third-order valence-electron chi connectivity index (χ3n) is 2.84. The molecule has 0 radical (unpaired) electrons. The molecule has 1 aromatic carbocycles. The topological polar surface area (TPSA) is 73.9 Å². The van der Waals surface area contributed by atoms with Crippen molar-refractivity contribution < 1.29 is 9.13 Å². The van der Waals surface area contributed by atoms with Crippen molar-refractivity contribution in [1.29, 1.82) is 0 Å². The number of anilines is 1. The minimum atomic E-state index is -0.533. The first-order valence-corrected chi connectivity index (χ1v) is 5.95. The van der Waals surface area contributed by atoms with Gasteiger partial charge >= 0.3 is 0 Å². The highest BCUT2D eigenvalue weighted by Gasteiger charge is 2.09. The van der Waals surface area contributed by atoms with E-state index in [-0.39, 0.29) is 11.6 Å². The van der Waals surface area contributed by atoms with Gasteiger partial charge in [-0.05, 0) is 24.6 Å². The zero-order valence-corrected chi connectivity index (χ0v) is 10.7. The average molecular weight is 270 g/mol. The van der Waals surface area contributed by atoms with E-state index < -0.39 is 5.82 Å². The molecule has 20 heavy (non-hydrogen) atoms. The summed E-state index contributed by atoms with van der Waals surface area (Å²) in [6.45, 7) is 1.78. The molecule has 0 unspecified atom stereocenters. The van der Waals surface area contributed by atoms with Gasteiger partial charge in [0.05, 0.1) is 0 Å². The summed E-state index contributed by atoms with van der Waals surface area (Å²) in [5, 5.41) is 0. The quantitative estimate of drug-likeness (QED) is 0.725. The summed E-state index contributed by atoms with van der Waals surface area (Å²) < 4.78 is 19.2. The lowest BCUT2D eigenvalue weighted by Crippen LogP contribution is -1.96. The maximum atomic E-state index is 13.8. The van der Waals surface area contributed by atoms with Gasteiger partial charge < -0.3 is 10.5 Å². The van der Waals surface area contributed by atoms with Crippen LogP contribution in [-0.4, -0.2) is 15.0 Å². The van der Waals surface area contributed by atoms with E-state index in [1.165, 1.54) is 18.3 Å². The molecule has 0 saturated heterocycles. The number of halogens is 1. The molecule has 2 N–H and O–H groups in total. The van der Waals surface area contributed by atoms with Crippen molar-refractivity contribution in [2.75, 3.05) is 5.73 Å². The smallest absolute Gasteiger partial charge is 0.221 e. The van der Waals surface area contributed by atoms with E-state index in [0.29, 0.717) is 16.9 Å². The SMILES string of the molecule is Cc1cc(Oc2ccc3nccnc3n2)c(F)cc1N. The largest absolute Gasteiger partial charge is 0.436 e. The summed E-state index contributed by atoms with van der Waals surface area (Å²) in [7, 11) is 0. The summed E-state index contributed by atoms with van der Waals surface area (Å²) in [4.78, 5) is 12.3. The van der Waals surface area contributed by atoms with Gasteiger partial charge in [0.25, 0.3) is 0 Å². The zero-order valence-electron chi connectivity index (χ0n) is 10.7. The summed E-state index contributed by atoms with van der Waals surface area (Å²) in [6.07, 6.45) is 3.11. The van der Waals surface area contributed by atoms with Gasteiger partial charge in [0, 0.05) is 30.2 Å². The second kappa shape index (κ2) is 4.73. The Kier molecular flexibility index (Phi) is 2.90. The fraction of sp³-hybridized carbons (Fsp3) is 0.0714. The van der Waals surface area contributed by atoms with Gasteiger partial charge in [0.15, 0.2) is 17.2 Å². The van der Waals surface area contributed by atoms with Crippen LogP contribution in [0.2, 0.25) is 0 Å². The monoisotopic (exact) mass is 270 g/mol. The molecule has 0 aliphatic heterocycles. The minimum absolute atomic E-state index is 0.0763. The second-order valence-electron chi connectivity index (χ2n) is 4.29. The molecule has 100 valence electrons. The number of nitrogen functional groups attached to an aromatic ring is 1. The Bertz CT molecular complexity index is 791. The van der Waals surface area contributed by atoms with Crippen molar-refractivity contribution in [3.8, 4) is 11.6 Å². The van der Waals surface area contributed by atoms with Crippen LogP contribution in [0.15, 0.2) is 36.7 Å². The number of aromatic nitrogens is 3. The van der Waals surface area contributed by atoms with Gasteiger partial charge in [-0.15, -0.1) is 0 Å². The van der Waals surface area contributed by atoms with E-state index in [9.17, 15) is 4.39 Å². The first-order chi connectivity index (χ1) is 9.63. The van der Waals surface area contributed by atoms with Gasteiger partial charge in [-0.1, -0.05) is 0 Å². The number of hydrogen-bond acceptors (Lipinski definition) is 5. The lowest BCUT2D eigenvalue weighted by atomic mass is 10.2. The third-order valence-corrected chi connectivity index (χ3v) is 2.84. The van der Waals surface area contributed by atoms with Crippen LogP contribution in [0.25, 0.3) is 11.2 Å². The van der Waals surface area contributed by atoms with E-state index in [1.807, 2.05) is 0 Å². The number of rotatable bonds is 2. The number of nitrogens with two attached hydrogens (primary N) is 1. The van der Waals surface area contributed by atoms with E-state index in [2.05, 4.69) is 15.0 Å². The van der Waals surface area contributed by atoms with Gasteiger partial charge in [0.1, 0.15) is 5.52 Å². The highest BCUT2D eigenvalue weighted by molar-refractivity contribution is 5.69. The van der Waals surface area contributed by atoms with E-state index >= 15 is 0 Å². The predicted octanol–water partition coefficient (Wildman–Crippen LogP) is 2.85. The minimum Gasteiger partial charge on any atom is -0.436 e. The van der Waals surface area contributed by atoms with E-state index in [1.54, 1.807) is 25.3 Å². The van der Waals surface area contributed by atoms with Gasteiger partial charge in [-0.2, -0.15) is 4.98 Å². The highest BCUT2D eigenvalue weighted by Crippen LogP contribution is 2.27. The summed E-state index contributed by atoms with van der Waals surface area (Å²) in [6, 6.07) is 6.09. The number of benzene rings is 1. The van der Waals surface area contributed by atoms with Crippen LogP contribution in [0.1, 0.15) is 5.56 Å². The Morgan fingerprint density at radius 2 is 1.95 bits per heavy atom. The molecule has 6 heteroatoms. The Balaban J connectivity index is 1.99. The molecular weight excluding hydrogens is 259 g/mol. The highest BCUT2D eigenvalue weighted by atomic mass is 19.1. The molecule has 0 bridgehead atoms. The zero-order chi connectivity index (χ0) is 14.1. The number of fused-ring (bicyclic) bond motifs is 1. The summed E-state index contributed by atoms with van der Waals surface area (Å²) >= 11 is 0. The van der Waals surface area contributed by atoms with E-state index in [4.69, 9.17) is 10.5 Å². The molecule has 3 aromatic rings. The molecule has 0 aliphatic rings. The third kappa shape index (κ3) is 2.23. The first-order valence-electron chi connectivity index (χ1n) is 5.95. The molecule has 0 saturated carbocycles. The van der Waals surface area contributed by atoms with Gasteiger partial charge in [-0.3, -0.25) is 4.98 Å². The molecule has 0 atom stereocenters. The van der Waals surface area contributed by atoms with Crippen LogP contribution < -0.4 is 10.5 Å². The summed E-state index contributed by atoms with van der Waals surface area (Å²) in [5.74, 6) is -0.206. The fourth-order valence-electron chi connectivity index (χ4n) is 1.76. The van der Waals surface area contributed by atoms with Crippen LogP contribution in [0.5, 0.6) is 11.6 Å². The average Bonchev–Trinajstić information content (AvgIpc) is 2.44. The molecule has 2 heterocycles. The Labute approximate surface area is 114 Å². The molecule has 0 spiro atoms. The molecular formula is C14H11FN4O. The number of aryl methyl sites for hydroxylation is 1. The van der Waals surface area contributed by atoms with Crippen molar-refractivity contribution in [3.05, 3.63) is 48.0 Å². The lowest BCUT2D eigenvalue weighted by Gasteiger charge is -2.08. The fourth-order valence-corrected chi connectivity index (χ4v) is 1.76. The van der Waals surface area contributed by atoms with Crippen molar-refractivity contribution in [2.45, 2.75) is 6.92 Å². The number of nitrogens with zero attached hydrogens (tertiary/aromatic N) is 3. The van der Waals surface area contributed by atoms with Crippen LogP contribution >= 0.6 is 0 Å². The molecule has 3 rings (SSSR count). The predicted molar refractivity (Wildman–Crippen MR) is 73.0 cm³/mol. The number of ether oxygens (including phenoxy) is 1. The molecule has 0 aliphatic carbocycles.